The van der Waals surface area contributed by atoms with Gasteiger partial charge in [0, 0.05) is 13.1 Å². The van der Waals surface area contributed by atoms with Gasteiger partial charge in [0.15, 0.2) is 35.7 Å². The second kappa shape index (κ2) is 15.4. The van der Waals surface area contributed by atoms with Gasteiger partial charge in [-0.3, -0.25) is 0 Å². The van der Waals surface area contributed by atoms with Crippen LogP contribution in [0.3, 0.4) is 0 Å². The van der Waals surface area contributed by atoms with E-state index in [1.54, 1.807) is 38.0 Å². The highest BCUT2D eigenvalue weighted by molar-refractivity contribution is 5.45. The number of hydrogen-bond donors (Lipinski definition) is 2. The molecule has 14 heteroatoms. The summed E-state index contributed by atoms with van der Waals surface area (Å²) in [5, 5.41) is 31.4. The van der Waals surface area contributed by atoms with Gasteiger partial charge in [0.05, 0.1) is 28.4 Å². The fourth-order valence-corrected chi connectivity index (χ4v) is 6.16. The molecule has 0 radical (unpaired) electrons. The Bertz CT molecular complexity index is 1300. The molecular weight excluding hydrogens is 564 g/mol. The molecule has 0 amide bonds. The van der Waals surface area contributed by atoms with Crippen LogP contribution in [0.4, 0.5) is 0 Å². The van der Waals surface area contributed by atoms with E-state index in [1.807, 2.05) is 36.4 Å². The smallest absolute Gasteiger partial charge is 0.162 e. The van der Waals surface area contributed by atoms with Crippen molar-refractivity contribution in [2.24, 2.45) is 11.8 Å². The highest BCUT2D eigenvalue weighted by Crippen LogP contribution is 2.37. The van der Waals surface area contributed by atoms with E-state index in [1.165, 1.54) is 12.7 Å². The Kier molecular flexibility index (Phi) is 10.9. The minimum absolute atomic E-state index is 0.0371. The summed E-state index contributed by atoms with van der Waals surface area (Å²) in [6.07, 6.45) is 7.53. The molecule has 2 N–H and O–H groups in total. The largest absolute Gasteiger partial charge is 0.493 e. The molecule has 2 aliphatic heterocycles. The number of nitrogens with zero attached hydrogens (tertiary/aromatic N) is 8. The zero-order chi connectivity index (χ0) is 30.7. The Balaban J connectivity index is 0.000000175. The Morgan fingerprint density at radius 1 is 0.636 bits per heavy atom. The molecule has 44 heavy (non-hydrogen) atoms. The number of benzene rings is 2. The van der Waals surface area contributed by atoms with Crippen LogP contribution in [0.2, 0.25) is 0 Å². The lowest BCUT2D eigenvalue weighted by Crippen LogP contribution is -2.36. The average molecular weight is 607 g/mol. The van der Waals surface area contributed by atoms with Crippen molar-refractivity contribution in [1.82, 2.24) is 51.0 Å². The summed E-state index contributed by atoms with van der Waals surface area (Å²) in [5.41, 5.74) is 2.20. The molecule has 4 heterocycles. The molecule has 2 aliphatic rings. The van der Waals surface area contributed by atoms with Gasteiger partial charge in [-0.15, -0.1) is 20.4 Å². The zero-order valence-electron chi connectivity index (χ0n) is 25.8. The first-order valence-electron chi connectivity index (χ1n) is 15.0. The molecule has 236 valence electrons. The SMILES string of the molecule is COc1ccc([C@@H]([C@H]2CCCNC2)n2ncnn2)cc1OC.COc1ccc([C@H]([C@H]2CCCNC2)n2ncnn2)cc1OC. The maximum absolute atomic E-state index is 5.43. The molecule has 2 fully saturated rings. The Morgan fingerprint density at radius 2 is 1.07 bits per heavy atom. The first kappa shape index (κ1) is 31.1. The van der Waals surface area contributed by atoms with Gasteiger partial charge < -0.3 is 29.6 Å². The molecule has 4 atom stereocenters. The van der Waals surface area contributed by atoms with Crippen LogP contribution in [0.5, 0.6) is 23.0 Å². The molecule has 2 saturated heterocycles. The summed E-state index contributed by atoms with van der Waals surface area (Å²) in [5.74, 6) is 3.71. The summed E-state index contributed by atoms with van der Waals surface area (Å²) in [7, 11) is 6.57. The number of nitrogens with one attached hydrogen (secondary N) is 2. The normalized spacial score (nSPS) is 19.6. The van der Waals surface area contributed by atoms with Crippen LogP contribution in [-0.2, 0) is 0 Å². The monoisotopic (exact) mass is 606 g/mol. The van der Waals surface area contributed by atoms with Gasteiger partial charge >= 0.3 is 0 Å². The standard InChI is InChI=1S/2C15H21N5O2/c2*1-21-13-6-5-11(8-14(13)22-2)15(20-18-10-17-19-20)12-4-3-7-16-9-12/h2*5-6,8,10,12,15-16H,3-4,7,9H2,1-2H3/t12-,15+;12-,15-/m00/s1. The van der Waals surface area contributed by atoms with Crippen LogP contribution in [0.1, 0.15) is 48.9 Å². The average Bonchev–Trinajstić information content (AvgIpc) is 3.82. The van der Waals surface area contributed by atoms with Gasteiger partial charge in [-0.25, -0.2) is 0 Å². The van der Waals surface area contributed by atoms with Crippen LogP contribution < -0.4 is 29.6 Å². The predicted molar refractivity (Wildman–Crippen MR) is 162 cm³/mol. The quantitative estimate of drug-likeness (QED) is 0.273. The molecule has 0 unspecified atom stereocenters. The van der Waals surface area contributed by atoms with Gasteiger partial charge in [-0.1, -0.05) is 12.1 Å². The van der Waals surface area contributed by atoms with Crippen LogP contribution in [0.15, 0.2) is 49.1 Å². The van der Waals surface area contributed by atoms with Gasteiger partial charge in [-0.2, -0.15) is 9.59 Å². The zero-order valence-corrected chi connectivity index (χ0v) is 25.8. The maximum atomic E-state index is 5.43. The third-order valence-electron chi connectivity index (χ3n) is 8.29. The van der Waals surface area contributed by atoms with Gasteiger partial charge in [0.2, 0.25) is 0 Å². The van der Waals surface area contributed by atoms with Crippen molar-refractivity contribution in [3.63, 3.8) is 0 Å². The minimum Gasteiger partial charge on any atom is -0.493 e. The van der Waals surface area contributed by atoms with Crippen molar-refractivity contribution in [1.29, 1.82) is 0 Å². The fraction of sp³-hybridized carbons (Fsp3) is 0.533. The molecule has 14 nitrogen and oxygen atoms in total. The lowest BCUT2D eigenvalue weighted by Gasteiger charge is -2.30. The van der Waals surface area contributed by atoms with E-state index < -0.39 is 0 Å². The van der Waals surface area contributed by atoms with E-state index in [0.717, 1.165) is 74.5 Å². The minimum atomic E-state index is 0.0371. The number of hydrogen-bond acceptors (Lipinski definition) is 12. The molecule has 2 aromatic carbocycles. The third kappa shape index (κ3) is 7.25. The van der Waals surface area contributed by atoms with Crippen molar-refractivity contribution < 1.29 is 18.9 Å². The molecule has 0 aliphatic carbocycles. The van der Waals surface area contributed by atoms with Gasteiger partial charge in [0.1, 0.15) is 12.1 Å². The van der Waals surface area contributed by atoms with E-state index in [-0.39, 0.29) is 12.1 Å². The lowest BCUT2D eigenvalue weighted by atomic mass is 9.87. The first-order chi connectivity index (χ1) is 21.7. The highest BCUT2D eigenvalue weighted by Gasteiger charge is 2.30. The van der Waals surface area contributed by atoms with Crippen LogP contribution in [0, 0.1) is 11.8 Å². The Labute approximate surface area is 257 Å². The number of methoxy groups -OCH3 is 4. The fourth-order valence-electron chi connectivity index (χ4n) is 6.16. The lowest BCUT2D eigenvalue weighted by molar-refractivity contribution is 0.260. The van der Waals surface area contributed by atoms with Gasteiger partial charge in [0.25, 0.3) is 0 Å². The van der Waals surface area contributed by atoms with Gasteiger partial charge in [-0.05, 0) is 96.4 Å². The third-order valence-corrected chi connectivity index (χ3v) is 8.29. The topological polar surface area (TPSA) is 148 Å². The summed E-state index contributed by atoms with van der Waals surface area (Å²) < 4.78 is 21.5. The molecular formula is C30H42N10O4. The summed E-state index contributed by atoms with van der Waals surface area (Å²) in [6, 6.07) is 12.0. The Morgan fingerprint density at radius 3 is 1.39 bits per heavy atom. The van der Waals surface area contributed by atoms with E-state index in [2.05, 4.69) is 41.5 Å². The van der Waals surface area contributed by atoms with Crippen molar-refractivity contribution in [3.8, 4) is 23.0 Å². The molecule has 0 bridgehead atoms. The predicted octanol–water partition coefficient (Wildman–Crippen LogP) is 2.56. The number of ether oxygens (including phenoxy) is 4. The highest BCUT2D eigenvalue weighted by atomic mass is 16.5. The molecule has 4 aromatic rings. The number of aromatic nitrogens is 8. The second-order valence-electron chi connectivity index (χ2n) is 10.8. The number of tetrazole rings is 2. The van der Waals surface area contributed by atoms with Crippen molar-refractivity contribution in [2.75, 3.05) is 54.6 Å². The first-order valence-corrected chi connectivity index (χ1v) is 15.0. The summed E-state index contributed by atoms with van der Waals surface area (Å²) in [4.78, 5) is 3.39. The van der Waals surface area contributed by atoms with E-state index in [9.17, 15) is 0 Å². The van der Waals surface area contributed by atoms with Crippen molar-refractivity contribution in [3.05, 3.63) is 60.2 Å². The second-order valence-corrected chi connectivity index (χ2v) is 10.8. The number of piperidine rings is 2. The molecule has 6 rings (SSSR count). The van der Waals surface area contributed by atoms with E-state index in [0.29, 0.717) is 23.3 Å². The van der Waals surface area contributed by atoms with Crippen molar-refractivity contribution >= 4 is 0 Å². The molecule has 2 aromatic heterocycles. The molecule has 0 spiro atoms. The molecule has 0 saturated carbocycles. The number of rotatable bonds is 10. The van der Waals surface area contributed by atoms with Crippen LogP contribution in [0.25, 0.3) is 0 Å². The van der Waals surface area contributed by atoms with Crippen molar-refractivity contribution in [2.45, 2.75) is 37.8 Å². The van der Waals surface area contributed by atoms with Crippen LogP contribution in [-0.4, -0.2) is 95.0 Å². The van der Waals surface area contributed by atoms with Crippen LogP contribution >= 0.6 is 0 Å². The van der Waals surface area contributed by atoms with E-state index in [4.69, 9.17) is 18.9 Å². The van der Waals surface area contributed by atoms with E-state index >= 15 is 0 Å². The maximum Gasteiger partial charge on any atom is 0.162 e. The Hall–Kier alpha value is -4.30. The summed E-state index contributed by atoms with van der Waals surface area (Å²) >= 11 is 0. The summed E-state index contributed by atoms with van der Waals surface area (Å²) in [6.45, 7) is 4.03.